The van der Waals surface area contributed by atoms with Crippen LogP contribution < -0.4 is 15.5 Å². The molecule has 4 rings (SSSR count). The van der Waals surface area contributed by atoms with Gasteiger partial charge in [0.1, 0.15) is 0 Å². The Morgan fingerprint density at radius 2 is 1.32 bits per heavy atom. The van der Waals surface area contributed by atoms with E-state index in [-0.39, 0.29) is 24.3 Å². The van der Waals surface area contributed by atoms with Crippen molar-refractivity contribution in [3.63, 3.8) is 0 Å². The van der Waals surface area contributed by atoms with Crippen molar-refractivity contribution in [1.29, 1.82) is 0 Å². The largest absolute Gasteiger partial charge is 0.376 e. The highest BCUT2D eigenvalue weighted by molar-refractivity contribution is 6.06. The van der Waals surface area contributed by atoms with Gasteiger partial charge in [0.25, 0.3) is 11.8 Å². The molecule has 0 aliphatic carbocycles. The maximum atomic E-state index is 12.9. The van der Waals surface area contributed by atoms with Gasteiger partial charge in [-0.25, -0.2) is 0 Å². The first-order valence-corrected chi connectivity index (χ1v) is 12.3. The minimum absolute atomic E-state index is 0.0227. The summed E-state index contributed by atoms with van der Waals surface area (Å²) in [5.74, 6) is -0.488. The van der Waals surface area contributed by atoms with Crippen LogP contribution in [0, 0.1) is 0 Å². The number of para-hydroxylation sites is 1. The van der Waals surface area contributed by atoms with Crippen molar-refractivity contribution in [2.75, 3.05) is 36.2 Å². The van der Waals surface area contributed by atoms with Crippen LogP contribution in [0.25, 0.3) is 0 Å². The van der Waals surface area contributed by atoms with Crippen molar-refractivity contribution in [3.05, 3.63) is 126 Å². The lowest BCUT2D eigenvalue weighted by atomic mass is 10.1. The van der Waals surface area contributed by atoms with Gasteiger partial charge in [0.05, 0.1) is 6.54 Å². The molecule has 0 spiro atoms. The summed E-state index contributed by atoms with van der Waals surface area (Å²) < 4.78 is 0. The van der Waals surface area contributed by atoms with Crippen LogP contribution >= 0.6 is 0 Å². The molecule has 0 unspecified atom stereocenters. The summed E-state index contributed by atoms with van der Waals surface area (Å²) in [6.07, 6.45) is 0. The summed E-state index contributed by atoms with van der Waals surface area (Å²) in [4.78, 5) is 41.4. The fourth-order valence-corrected chi connectivity index (χ4v) is 3.96. The van der Waals surface area contributed by atoms with E-state index in [0.29, 0.717) is 29.0 Å². The first kappa shape index (κ1) is 26.2. The Morgan fingerprint density at radius 1 is 0.658 bits per heavy atom. The average molecular weight is 507 g/mol. The third-order valence-electron chi connectivity index (χ3n) is 6.04. The number of carbonyl (C=O) groups excluding carboxylic acids is 3. The summed E-state index contributed by atoms with van der Waals surface area (Å²) in [6.45, 7) is 0.529. The highest BCUT2D eigenvalue weighted by Crippen LogP contribution is 2.17. The zero-order valence-corrected chi connectivity index (χ0v) is 21.4. The third kappa shape index (κ3) is 6.85. The van der Waals surface area contributed by atoms with E-state index in [1.165, 1.54) is 0 Å². The van der Waals surface area contributed by atoms with Crippen molar-refractivity contribution in [2.45, 2.75) is 6.54 Å². The van der Waals surface area contributed by atoms with E-state index in [4.69, 9.17) is 0 Å². The van der Waals surface area contributed by atoms with Gasteiger partial charge in [0.15, 0.2) is 0 Å². The summed E-state index contributed by atoms with van der Waals surface area (Å²) in [7, 11) is 3.49. The standard InChI is InChI=1S/C31H30N4O3/c1-34(22-23-10-5-3-6-11-23)30(37)25-12-9-13-27(20-25)32-21-29(36)33-26-18-16-24(17-19-26)31(38)35(2)28-14-7-4-8-15-28/h3-20,32H,21-22H2,1-2H3,(H,33,36). The molecule has 0 aromatic heterocycles. The van der Waals surface area contributed by atoms with Crippen LogP contribution in [-0.4, -0.2) is 43.3 Å². The second-order valence-corrected chi connectivity index (χ2v) is 8.91. The first-order valence-electron chi connectivity index (χ1n) is 12.3. The monoisotopic (exact) mass is 506 g/mol. The second-order valence-electron chi connectivity index (χ2n) is 8.91. The van der Waals surface area contributed by atoms with Crippen molar-refractivity contribution < 1.29 is 14.4 Å². The molecule has 0 heterocycles. The minimum Gasteiger partial charge on any atom is -0.376 e. The van der Waals surface area contributed by atoms with Crippen molar-refractivity contribution in [1.82, 2.24) is 4.90 Å². The fraction of sp³-hybridized carbons (Fsp3) is 0.129. The Morgan fingerprint density at radius 3 is 2.00 bits per heavy atom. The normalized spacial score (nSPS) is 10.4. The van der Waals surface area contributed by atoms with E-state index < -0.39 is 0 Å². The topological polar surface area (TPSA) is 81.8 Å². The van der Waals surface area contributed by atoms with Crippen LogP contribution in [0.3, 0.4) is 0 Å². The van der Waals surface area contributed by atoms with Crippen LogP contribution in [0.15, 0.2) is 109 Å². The number of hydrogen-bond acceptors (Lipinski definition) is 4. The first-order chi connectivity index (χ1) is 18.4. The van der Waals surface area contributed by atoms with Gasteiger partial charge in [0, 0.05) is 48.8 Å². The van der Waals surface area contributed by atoms with E-state index >= 15 is 0 Å². The van der Waals surface area contributed by atoms with E-state index in [0.717, 1.165) is 11.3 Å². The van der Waals surface area contributed by atoms with Crippen LogP contribution in [0.5, 0.6) is 0 Å². The molecule has 4 aromatic carbocycles. The second kappa shape index (κ2) is 12.4. The molecule has 7 heteroatoms. The van der Waals surface area contributed by atoms with Gasteiger partial charge in [-0.2, -0.15) is 0 Å². The maximum Gasteiger partial charge on any atom is 0.258 e. The van der Waals surface area contributed by atoms with Crippen molar-refractivity contribution in [3.8, 4) is 0 Å². The number of amides is 3. The van der Waals surface area contributed by atoms with Crippen LogP contribution in [0.4, 0.5) is 17.1 Å². The molecule has 192 valence electrons. The molecule has 0 radical (unpaired) electrons. The molecule has 4 aromatic rings. The summed E-state index contributed by atoms with van der Waals surface area (Å²) in [6, 6.07) is 33.1. The summed E-state index contributed by atoms with van der Waals surface area (Å²) in [5.41, 5.74) is 4.16. The van der Waals surface area contributed by atoms with E-state index in [1.807, 2.05) is 66.7 Å². The molecule has 3 amide bonds. The number of hydrogen-bond donors (Lipinski definition) is 2. The Balaban J connectivity index is 1.29. The molecular weight excluding hydrogens is 476 g/mol. The minimum atomic E-state index is -0.247. The van der Waals surface area contributed by atoms with E-state index in [2.05, 4.69) is 10.6 Å². The lowest BCUT2D eigenvalue weighted by molar-refractivity contribution is -0.114. The molecule has 0 fully saturated rings. The van der Waals surface area contributed by atoms with E-state index in [9.17, 15) is 14.4 Å². The van der Waals surface area contributed by atoms with Crippen LogP contribution in [0.2, 0.25) is 0 Å². The predicted molar refractivity (Wildman–Crippen MR) is 151 cm³/mol. The number of nitrogens with one attached hydrogen (secondary N) is 2. The van der Waals surface area contributed by atoms with Gasteiger partial charge >= 0.3 is 0 Å². The van der Waals surface area contributed by atoms with Gasteiger partial charge < -0.3 is 20.4 Å². The quantitative estimate of drug-likeness (QED) is 0.323. The Bertz CT molecular complexity index is 1390. The molecule has 0 atom stereocenters. The molecule has 0 saturated heterocycles. The molecule has 38 heavy (non-hydrogen) atoms. The highest BCUT2D eigenvalue weighted by Gasteiger charge is 2.14. The SMILES string of the molecule is CN(Cc1ccccc1)C(=O)c1cccc(NCC(=O)Nc2ccc(C(=O)N(C)c3ccccc3)cc2)c1. The molecular formula is C31H30N4O3. The van der Waals surface area contributed by atoms with Gasteiger partial charge in [-0.05, 0) is 60.2 Å². The Hall–Kier alpha value is -4.91. The fourth-order valence-electron chi connectivity index (χ4n) is 3.96. The summed E-state index contributed by atoms with van der Waals surface area (Å²) >= 11 is 0. The van der Waals surface area contributed by atoms with Gasteiger partial charge in [-0.1, -0.05) is 54.6 Å². The van der Waals surface area contributed by atoms with Crippen molar-refractivity contribution in [2.24, 2.45) is 0 Å². The number of benzene rings is 4. The Kier molecular flexibility index (Phi) is 8.51. The molecule has 0 aliphatic rings. The zero-order chi connectivity index (χ0) is 26.9. The number of rotatable bonds is 9. The van der Waals surface area contributed by atoms with Crippen LogP contribution in [0.1, 0.15) is 26.3 Å². The Labute approximate surface area is 222 Å². The molecule has 2 N–H and O–H groups in total. The molecule has 0 bridgehead atoms. The van der Waals surface area contributed by atoms with Crippen molar-refractivity contribution >= 4 is 34.8 Å². The number of carbonyl (C=O) groups is 3. The predicted octanol–water partition coefficient (Wildman–Crippen LogP) is 5.29. The highest BCUT2D eigenvalue weighted by atomic mass is 16.2. The van der Waals surface area contributed by atoms with Gasteiger partial charge in [0.2, 0.25) is 5.91 Å². The van der Waals surface area contributed by atoms with Gasteiger partial charge in [-0.3, -0.25) is 14.4 Å². The van der Waals surface area contributed by atoms with Gasteiger partial charge in [-0.15, -0.1) is 0 Å². The molecule has 0 saturated carbocycles. The van der Waals surface area contributed by atoms with Crippen LogP contribution in [-0.2, 0) is 11.3 Å². The maximum absolute atomic E-state index is 12.9. The zero-order valence-electron chi connectivity index (χ0n) is 21.4. The molecule has 7 nitrogen and oxygen atoms in total. The van der Waals surface area contributed by atoms with E-state index in [1.54, 1.807) is 66.4 Å². The average Bonchev–Trinajstić information content (AvgIpc) is 2.96. The molecule has 0 aliphatic heterocycles. The smallest absolute Gasteiger partial charge is 0.258 e. The lowest BCUT2D eigenvalue weighted by Gasteiger charge is -2.18. The summed E-state index contributed by atoms with van der Waals surface area (Å²) in [5, 5.41) is 5.89. The third-order valence-corrected chi connectivity index (χ3v) is 6.04. The number of nitrogens with zero attached hydrogens (tertiary/aromatic N) is 2. The number of anilines is 3. The lowest BCUT2D eigenvalue weighted by Crippen LogP contribution is -2.26.